The second-order valence-electron chi connectivity index (χ2n) is 3.77. The Morgan fingerprint density at radius 2 is 0.857 bits per heavy atom. The van der Waals surface area contributed by atoms with E-state index in [1.807, 2.05) is 0 Å². The van der Waals surface area contributed by atoms with Gasteiger partial charge in [-0.25, -0.2) is 0 Å². The Labute approximate surface area is 97.9 Å². The van der Waals surface area contributed by atoms with Crippen LogP contribution in [0.5, 0.6) is 0 Å². The Balaban J connectivity index is 3.55. The first kappa shape index (κ1) is 12.0. The van der Waals surface area contributed by atoms with Gasteiger partial charge in [-0.05, 0) is 61.1 Å². The zero-order valence-electron chi connectivity index (χ0n) is 9.31. The quantitative estimate of drug-likeness (QED) is 0.705. The molecule has 0 fully saturated rings. The third-order valence-corrected chi connectivity index (χ3v) is 3.88. The highest BCUT2D eigenvalue weighted by molar-refractivity contribution is 7.79. The smallest absolute Gasteiger partial charge is 0.0159 e. The van der Waals surface area contributed by atoms with Gasteiger partial charge in [0.15, 0.2) is 0 Å². The van der Waals surface area contributed by atoms with E-state index >= 15 is 0 Å². The van der Waals surface area contributed by atoms with E-state index in [4.69, 9.17) is 0 Å². The predicted octanol–water partition coefficient (Wildman–Crippen LogP) is 3.78. The zero-order chi connectivity index (χ0) is 10.9. The molecule has 0 nitrogen and oxygen atoms in total. The van der Waals surface area contributed by atoms with Gasteiger partial charge in [-0.2, -0.15) is 25.3 Å². The molecule has 0 N–H and O–H groups in total. The normalized spacial score (nSPS) is 10.7. The van der Waals surface area contributed by atoms with Crippen LogP contribution in [0.1, 0.15) is 33.4 Å². The summed E-state index contributed by atoms with van der Waals surface area (Å²) in [7, 11) is 0. The van der Waals surface area contributed by atoms with E-state index in [1.165, 1.54) is 33.4 Å². The van der Waals surface area contributed by atoms with E-state index in [2.05, 4.69) is 53.0 Å². The van der Waals surface area contributed by atoms with E-state index in [0.29, 0.717) is 0 Å². The van der Waals surface area contributed by atoms with Crippen molar-refractivity contribution in [3.63, 3.8) is 0 Å². The van der Waals surface area contributed by atoms with Crippen molar-refractivity contribution in [2.24, 2.45) is 0 Å². The van der Waals surface area contributed by atoms with Gasteiger partial charge < -0.3 is 0 Å². The van der Waals surface area contributed by atoms with Crippen LogP contribution in [-0.2, 0) is 11.5 Å². The Hall–Kier alpha value is -0.0800. The molecule has 0 aliphatic rings. The highest BCUT2D eigenvalue weighted by Gasteiger charge is 2.12. The third kappa shape index (κ3) is 1.82. The van der Waals surface area contributed by atoms with Gasteiger partial charge in [0.2, 0.25) is 0 Å². The second kappa shape index (κ2) is 4.63. The summed E-state index contributed by atoms with van der Waals surface area (Å²) >= 11 is 8.78. The average Bonchev–Trinajstić information content (AvgIpc) is 2.17. The maximum atomic E-state index is 4.39. The summed E-state index contributed by atoms with van der Waals surface area (Å²) in [5.41, 5.74) is 8.29. The summed E-state index contributed by atoms with van der Waals surface area (Å²) in [6, 6.07) is 0. The molecule has 1 aromatic rings. The average molecular weight is 226 g/mol. The van der Waals surface area contributed by atoms with Crippen LogP contribution < -0.4 is 0 Å². The van der Waals surface area contributed by atoms with Crippen LogP contribution in [-0.4, -0.2) is 0 Å². The number of rotatable bonds is 2. The number of hydrogen-bond acceptors (Lipinski definition) is 2. The van der Waals surface area contributed by atoms with Crippen molar-refractivity contribution in [3.05, 3.63) is 33.4 Å². The molecule has 0 aromatic heterocycles. The van der Waals surface area contributed by atoms with E-state index in [-0.39, 0.29) is 0 Å². The molecule has 0 heterocycles. The Morgan fingerprint density at radius 1 is 0.643 bits per heavy atom. The maximum absolute atomic E-state index is 4.39. The van der Waals surface area contributed by atoms with Gasteiger partial charge >= 0.3 is 0 Å². The number of hydrogen-bond donors (Lipinski definition) is 2. The molecule has 0 spiro atoms. The van der Waals surface area contributed by atoms with Gasteiger partial charge in [0, 0.05) is 11.5 Å². The van der Waals surface area contributed by atoms with Crippen LogP contribution in [0.15, 0.2) is 0 Å². The number of thiol groups is 2. The van der Waals surface area contributed by atoms with Gasteiger partial charge in [0.25, 0.3) is 0 Å². The molecule has 0 atom stereocenters. The second-order valence-corrected chi connectivity index (χ2v) is 4.41. The van der Waals surface area contributed by atoms with Crippen molar-refractivity contribution in [1.29, 1.82) is 0 Å². The minimum absolute atomic E-state index is 0.826. The largest absolute Gasteiger partial charge is 0.175 e. The lowest BCUT2D eigenvalue weighted by Gasteiger charge is -2.18. The van der Waals surface area contributed by atoms with Gasteiger partial charge in [-0.3, -0.25) is 0 Å². The van der Waals surface area contributed by atoms with Crippen LogP contribution in [0.2, 0.25) is 0 Å². The molecular formula is C12H18S2. The molecule has 0 radical (unpaired) electrons. The first-order valence-corrected chi connectivity index (χ1v) is 6.10. The van der Waals surface area contributed by atoms with Crippen molar-refractivity contribution >= 4 is 25.3 Å². The summed E-state index contributed by atoms with van der Waals surface area (Å²) in [6.45, 7) is 8.72. The lowest BCUT2D eigenvalue weighted by molar-refractivity contribution is 1.11. The molecule has 0 saturated heterocycles. The molecule has 0 aliphatic heterocycles. The van der Waals surface area contributed by atoms with E-state index in [1.54, 1.807) is 0 Å². The van der Waals surface area contributed by atoms with Crippen LogP contribution >= 0.6 is 25.3 Å². The molecule has 0 saturated carbocycles. The SMILES string of the molecule is Cc1c(C)c(CS)c(C)c(C)c1CS. The van der Waals surface area contributed by atoms with Gasteiger partial charge in [0.1, 0.15) is 0 Å². The molecule has 0 amide bonds. The summed E-state index contributed by atoms with van der Waals surface area (Å²) in [6.07, 6.45) is 0. The van der Waals surface area contributed by atoms with Gasteiger partial charge in [-0.15, -0.1) is 0 Å². The maximum Gasteiger partial charge on any atom is 0.0159 e. The standard InChI is InChI=1S/C12H18S2/c1-7-8(2)12(6-14)10(4)9(3)11(7)5-13/h13-14H,5-6H2,1-4H3. The van der Waals surface area contributed by atoms with Crippen molar-refractivity contribution in [1.82, 2.24) is 0 Å². The minimum Gasteiger partial charge on any atom is -0.175 e. The molecule has 14 heavy (non-hydrogen) atoms. The van der Waals surface area contributed by atoms with E-state index < -0.39 is 0 Å². The van der Waals surface area contributed by atoms with Gasteiger partial charge in [0.05, 0.1) is 0 Å². The van der Waals surface area contributed by atoms with Crippen molar-refractivity contribution in [2.75, 3.05) is 0 Å². The van der Waals surface area contributed by atoms with Gasteiger partial charge in [-0.1, -0.05) is 0 Å². The zero-order valence-corrected chi connectivity index (χ0v) is 11.1. The van der Waals surface area contributed by atoms with Crippen LogP contribution in [0.3, 0.4) is 0 Å². The van der Waals surface area contributed by atoms with Crippen molar-refractivity contribution in [3.8, 4) is 0 Å². The predicted molar refractivity (Wildman–Crippen MR) is 70.8 cm³/mol. The lowest BCUT2D eigenvalue weighted by Crippen LogP contribution is -2.02. The summed E-state index contributed by atoms with van der Waals surface area (Å²) in [5.74, 6) is 1.65. The van der Waals surface area contributed by atoms with Crippen LogP contribution in [0.4, 0.5) is 0 Å². The van der Waals surface area contributed by atoms with Crippen molar-refractivity contribution < 1.29 is 0 Å². The Bertz CT molecular complexity index is 290. The molecule has 78 valence electrons. The summed E-state index contributed by atoms with van der Waals surface area (Å²) < 4.78 is 0. The topological polar surface area (TPSA) is 0 Å². The molecule has 1 aromatic carbocycles. The van der Waals surface area contributed by atoms with Crippen LogP contribution in [0, 0.1) is 27.7 Å². The first-order chi connectivity index (χ1) is 6.54. The third-order valence-electron chi connectivity index (χ3n) is 3.25. The summed E-state index contributed by atoms with van der Waals surface area (Å²) in [4.78, 5) is 0. The fourth-order valence-electron chi connectivity index (χ4n) is 1.94. The fraction of sp³-hybridized carbons (Fsp3) is 0.500. The molecule has 2 heteroatoms. The first-order valence-electron chi connectivity index (χ1n) is 4.84. The Kier molecular flexibility index (Phi) is 3.96. The monoisotopic (exact) mass is 226 g/mol. The van der Waals surface area contributed by atoms with E-state index in [9.17, 15) is 0 Å². The van der Waals surface area contributed by atoms with E-state index in [0.717, 1.165) is 11.5 Å². The fourth-order valence-corrected chi connectivity index (χ4v) is 2.89. The molecule has 0 bridgehead atoms. The van der Waals surface area contributed by atoms with Crippen LogP contribution in [0.25, 0.3) is 0 Å². The molecular weight excluding hydrogens is 208 g/mol. The molecule has 0 unspecified atom stereocenters. The molecule has 1 rings (SSSR count). The Morgan fingerprint density at radius 3 is 1.00 bits per heavy atom. The van der Waals surface area contributed by atoms with Crippen molar-refractivity contribution in [2.45, 2.75) is 39.2 Å². The highest BCUT2D eigenvalue weighted by atomic mass is 32.1. The number of benzene rings is 1. The lowest BCUT2D eigenvalue weighted by atomic mass is 9.90. The summed E-state index contributed by atoms with van der Waals surface area (Å²) in [5, 5.41) is 0. The minimum atomic E-state index is 0.826. The highest BCUT2D eigenvalue weighted by Crippen LogP contribution is 2.28. The molecule has 0 aliphatic carbocycles.